The van der Waals surface area contributed by atoms with Crippen molar-refractivity contribution in [2.24, 2.45) is 17.6 Å². The van der Waals surface area contributed by atoms with E-state index in [0.29, 0.717) is 25.6 Å². The summed E-state index contributed by atoms with van der Waals surface area (Å²) in [6.45, 7) is 7.45. The van der Waals surface area contributed by atoms with Crippen LogP contribution in [0.1, 0.15) is 39.0 Å². The van der Waals surface area contributed by atoms with Crippen LogP contribution < -0.4 is 5.73 Å². The van der Waals surface area contributed by atoms with Gasteiger partial charge in [0.25, 0.3) is 0 Å². The average molecular weight is 306 g/mol. The van der Waals surface area contributed by atoms with Crippen LogP contribution in [0.15, 0.2) is 23.8 Å². The van der Waals surface area contributed by atoms with Crippen molar-refractivity contribution in [3.8, 4) is 0 Å². The molecule has 122 valence electrons. The first-order chi connectivity index (χ1) is 10.5. The first-order valence-electron chi connectivity index (χ1n) is 8.01. The van der Waals surface area contributed by atoms with Gasteiger partial charge in [-0.25, -0.2) is 4.79 Å². The first kappa shape index (κ1) is 16.6. The molecule has 22 heavy (non-hydrogen) atoms. The summed E-state index contributed by atoms with van der Waals surface area (Å²) < 4.78 is 5.44. The van der Waals surface area contributed by atoms with Crippen molar-refractivity contribution in [3.05, 3.63) is 23.8 Å². The second-order valence-corrected chi connectivity index (χ2v) is 6.41. The summed E-state index contributed by atoms with van der Waals surface area (Å²) in [5, 5.41) is 0. The Kier molecular flexibility index (Phi) is 5.63. The molecule has 2 amide bonds. The Hall–Kier alpha value is -1.78. The van der Waals surface area contributed by atoms with Crippen molar-refractivity contribution < 1.29 is 14.3 Å². The number of allylic oxidation sites excluding steroid dienone is 2. The van der Waals surface area contributed by atoms with Crippen LogP contribution in [0.2, 0.25) is 0 Å². The molecule has 1 aliphatic carbocycles. The number of amides is 2. The van der Waals surface area contributed by atoms with Gasteiger partial charge in [-0.15, -0.1) is 0 Å². The van der Waals surface area contributed by atoms with Crippen LogP contribution in [0.4, 0.5) is 4.79 Å². The standard InChI is InChI=1S/C17H26N2O3/c1-12(2)14-7-5-13(6-8-14)11-22-16(20)15-4-3-9-19(10-15)17(18)21/h5,14-15H,1,3-4,6-11H2,2H3,(H2,18,21). The highest BCUT2D eigenvalue weighted by Gasteiger charge is 2.28. The van der Waals surface area contributed by atoms with Crippen LogP contribution in [0, 0.1) is 11.8 Å². The van der Waals surface area contributed by atoms with Crippen LogP contribution >= 0.6 is 0 Å². The number of nitrogens with two attached hydrogens (primary N) is 1. The monoisotopic (exact) mass is 306 g/mol. The van der Waals surface area contributed by atoms with Gasteiger partial charge in [-0.3, -0.25) is 4.79 Å². The SMILES string of the molecule is C=C(C)C1CC=C(COC(=O)C2CCCN(C(N)=O)C2)CC1. The number of carbonyl (C=O) groups excluding carboxylic acids is 2. The maximum atomic E-state index is 12.1. The normalized spacial score (nSPS) is 25.3. The number of piperidine rings is 1. The quantitative estimate of drug-likeness (QED) is 0.641. The van der Waals surface area contributed by atoms with Gasteiger partial charge in [0.2, 0.25) is 0 Å². The average Bonchev–Trinajstić information content (AvgIpc) is 2.53. The number of carbonyl (C=O) groups is 2. The molecule has 2 rings (SSSR count). The molecule has 1 saturated heterocycles. The number of ether oxygens (including phenoxy) is 1. The number of esters is 1. The second kappa shape index (κ2) is 7.47. The lowest BCUT2D eigenvalue weighted by Gasteiger charge is -2.30. The van der Waals surface area contributed by atoms with E-state index in [1.54, 1.807) is 0 Å². The zero-order valence-corrected chi connectivity index (χ0v) is 13.3. The van der Waals surface area contributed by atoms with E-state index in [0.717, 1.165) is 32.1 Å². The van der Waals surface area contributed by atoms with Gasteiger partial charge in [-0.2, -0.15) is 0 Å². The summed E-state index contributed by atoms with van der Waals surface area (Å²) >= 11 is 0. The Morgan fingerprint density at radius 1 is 1.41 bits per heavy atom. The molecular weight excluding hydrogens is 280 g/mol. The Labute approximate surface area is 132 Å². The van der Waals surface area contributed by atoms with Gasteiger partial charge >= 0.3 is 12.0 Å². The fourth-order valence-corrected chi connectivity index (χ4v) is 3.12. The van der Waals surface area contributed by atoms with Gasteiger partial charge in [0.15, 0.2) is 0 Å². The number of hydrogen-bond donors (Lipinski definition) is 1. The fourth-order valence-electron chi connectivity index (χ4n) is 3.12. The largest absolute Gasteiger partial charge is 0.461 e. The van der Waals surface area contributed by atoms with Crippen LogP contribution in [0.25, 0.3) is 0 Å². The third kappa shape index (κ3) is 4.36. The molecule has 1 aliphatic heterocycles. The van der Waals surface area contributed by atoms with Crippen LogP contribution in [-0.2, 0) is 9.53 Å². The predicted octanol–water partition coefficient (Wildman–Crippen LogP) is 2.62. The van der Waals surface area contributed by atoms with E-state index in [1.807, 2.05) is 0 Å². The molecule has 0 bridgehead atoms. The van der Waals surface area contributed by atoms with Crippen molar-refractivity contribution in [1.29, 1.82) is 0 Å². The number of likely N-dealkylation sites (tertiary alicyclic amines) is 1. The molecule has 5 heteroatoms. The lowest BCUT2D eigenvalue weighted by atomic mass is 9.86. The van der Waals surface area contributed by atoms with Gasteiger partial charge in [0.1, 0.15) is 6.61 Å². The van der Waals surface area contributed by atoms with Gasteiger partial charge < -0.3 is 15.4 Å². The first-order valence-corrected chi connectivity index (χ1v) is 8.01. The lowest BCUT2D eigenvalue weighted by molar-refractivity contribution is -0.149. The molecule has 0 aromatic rings. The Morgan fingerprint density at radius 3 is 2.77 bits per heavy atom. The number of hydrogen-bond acceptors (Lipinski definition) is 3. The van der Waals surface area contributed by atoms with Gasteiger partial charge in [0.05, 0.1) is 5.92 Å². The summed E-state index contributed by atoms with van der Waals surface area (Å²) in [6.07, 6.45) is 6.76. The second-order valence-electron chi connectivity index (χ2n) is 6.41. The molecule has 5 nitrogen and oxygen atoms in total. The van der Waals surface area contributed by atoms with Crippen LogP contribution in [0.3, 0.4) is 0 Å². The van der Waals surface area contributed by atoms with E-state index >= 15 is 0 Å². The number of nitrogens with zero attached hydrogens (tertiary/aromatic N) is 1. The lowest BCUT2D eigenvalue weighted by Crippen LogP contribution is -2.45. The van der Waals surface area contributed by atoms with Crippen LogP contribution in [0.5, 0.6) is 0 Å². The van der Waals surface area contributed by atoms with E-state index in [-0.39, 0.29) is 11.9 Å². The highest BCUT2D eigenvalue weighted by atomic mass is 16.5. The fraction of sp³-hybridized carbons (Fsp3) is 0.647. The third-order valence-electron chi connectivity index (χ3n) is 4.67. The minimum Gasteiger partial charge on any atom is -0.461 e. The molecule has 0 radical (unpaired) electrons. The number of rotatable bonds is 4. The molecule has 2 aliphatic rings. The minimum atomic E-state index is -0.460. The third-order valence-corrected chi connectivity index (χ3v) is 4.67. The highest BCUT2D eigenvalue weighted by molar-refractivity contribution is 5.76. The topological polar surface area (TPSA) is 72.6 Å². The molecule has 0 saturated carbocycles. The van der Waals surface area contributed by atoms with E-state index in [1.165, 1.54) is 16.0 Å². The smallest absolute Gasteiger partial charge is 0.314 e. The molecule has 2 atom stereocenters. The zero-order valence-electron chi connectivity index (χ0n) is 13.3. The zero-order chi connectivity index (χ0) is 16.1. The number of primary amides is 1. The summed E-state index contributed by atoms with van der Waals surface area (Å²) in [5.41, 5.74) is 7.69. The molecule has 1 fully saturated rings. The maximum Gasteiger partial charge on any atom is 0.314 e. The van der Waals surface area contributed by atoms with Crippen molar-refractivity contribution in [2.75, 3.05) is 19.7 Å². The molecule has 1 heterocycles. The van der Waals surface area contributed by atoms with Gasteiger partial charge in [0, 0.05) is 13.1 Å². The predicted molar refractivity (Wildman–Crippen MR) is 85.1 cm³/mol. The molecular formula is C17H26N2O3. The van der Waals surface area contributed by atoms with Gasteiger partial charge in [-0.1, -0.05) is 18.2 Å². The van der Waals surface area contributed by atoms with Gasteiger partial charge in [-0.05, 0) is 50.5 Å². The van der Waals surface area contributed by atoms with Crippen molar-refractivity contribution >= 4 is 12.0 Å². The van der Waals surface area contributed by atoms with Crippen molar-refractivity contribution in [2.45, 2.75) is 39.0 Å². The summed E-state index contributed by atoms with van der Waals surface area (Å²) in [7, 11) is 0. The Balaban J connectivity index is 1.78. The summed E-state index contributed by atoms with van der Waals surface area (Å²) in [5.74, 6) is 0.101. The van der Waals surface area contributed by atoms with E-state index < -0.39 is 6.03 Å². The molecule has 0 spiro atoms. The molecule has 0 aromatic carbocycles. The minimum absolute atomic E-state index is 0.214. The highest BCUT2D eigenvalue weighted by Crippen LogP contribution is 2.28. The van der Waals surface area contributed by atoms with Crippen LogP contribution in [-0.4, -0.2) is 36.6 Å². The maximum absolute atomic E-state index is 12.1. The number of urea groups is 1. The Bertz CT molecular complexity index is 484. The van der Waals surface area contributed by atoms with E-state index in [4.69, 9.17) is 10.5 Å². The molecule has 2 N–H and O–H groups in total. The van der Waals surface area contributed by atoms with E-state index in [2.05, 4.69) is 19.6 Å². The summed E-state index contributed by atoms with van der Waals surface area (Å²) in [4.78, 5) is 24.9. The Morgan fingerprint density at radius 2 is 2.18 bits per heavy atom. The van der Waals surface area contributed by atoms with Crippen molar-refractivity contribution in [1.82, 2.24) is 4.90 Å². The molecule has 2 unspecified atom stereocenters. The van der Waals surface area contributed by atoms with Crippen molar-refractivity contribution in [3.63, 3.8) is 0 Å². The van der Waals surface area contributed by atoms with E-state index in [9.17, 15) is 9.59 Å². The summed E-state index contributed by atoms with van der Waals surface area (Å²) in [6, 6.07) is -0.460. The molecule has 0 aromatic heterocycles.